The second kappa shape index (κ2) is 10.2. The number of ether oxygens (including phenoxy) is 3. The average Bonchev–Trinajstić information content (AvgIpc) is 3.37. The zero-order valence-corrected chi connectivity index (χ0v) is 19.8. The highest BCUT2D eigenvalue weighted by Crippen LogP contribution is 2.32. The van der Waals surface area contributed by atoms with E-state index in [1.165, 1.54) is 0 Å². The predicted molar refractivity (Wildman–Crippen MR) is 132 cm³/mol. The number of fused-ring (bicyclic) bond motifs is 2. The van der Waals surface area contributed by atoms with Crippen LogP contribution in [0.5, 0.6) is 17.2 Å². The van der Waals surface area contributed by atoms with Crippen LogP contribution in [0.3, 0.4) is 0 Å². The average molecular weight is 476 g/mol. The van der Waals surface area contributed by atoms with Gasteiger partial charge in [0.15, 0.2) is 11.5 Å². The summed E-state index contributed by atoms with van der Waals surface area (Å²) in [5.74, 6) is 1.74. The van der Waals surface area contributed by atoms with Gasteiger partial charge in [-0.1, -0.05) is 30.3 Å². The molecule has 0 bridgehead atoms. The first-order chi connectivity index (χ1) is 17.1. The fraction of sp³-hybridized carbons (Fsp3) is 0.333. The lowest BCUT2D eigenvalue weighted by Crippen LogP contribution is -2.50. The number of carbonyl (C=O) groups excluding carboxylic acids is 2. The Morgan fingerprint density at radius 2 is 1.77 bits per heavy atom. The minimum absolute atomic E-state index is 0.000936. The van der Waals surface area contributed by atoms with Crippen LogP contribution in [0.15, 0.2) is 54.6 Å². The van der Waals surface area contributed by atoms with Crippen molar-refractivity contribution in [2.75, 3.05) is 52.7 Å². The fourth-order valence-electron chi connectivity index (χ4n) is 4.55. The highest BCUT2D eigenvalue weighted by Gasteiger charge is 2.26. The lowest BCUT2D eigenvalue weighted by molar-refractivity contribution is 0.0636. The molecule has 0 aromatic heterocycles. The summed E-state index contributed by atoms with van der Waals surface area (Å²) in [4.78, 5) is 30.1. The Morgan fingerprint density at radius 1 is 0.971 bits per heavy atom. The topological polar surface area (TPSA) is 80.3 Å². The van der Waals surface area contributed by atoms with Gasteiger partial charge < -0.3 is 24.4 Å². The van der Waals surface area contributed by atoms with Crippen molar-refractivity contribution >= 4 is 22.6 Å². The van der Waals surface area contributed by atoms with E-state index in [1.54, 1.807) is 18.2 Å². The second-order valence-electron chi connectivity index (χ2n) is 8.55. The molecule has 3 aromatic rings. The number of hydrogen-bond acceptors (Lipinski definition) is 6. The third-order valence-corrected chi connectivity index (χ3v) is 6.41. The molecule has 0 aliphatic carbocycles. The van der Waals surface area contributed by atoms with Gasteiger partial charge >= 0.3 is 0 Å². The summed E-state index contributed by atoms with van der Waals surface area (Å²) in [7, 11) is 0. The molecular weight excluding hydrogens is 446 g/mol. The Balaban J connectivity index is 1.16. The molecule has 0 saturated carbocycles. The Kier molecular flexibility index (Phi) is 6.72. The maximum atomic E-state index is 13.5. The van der Waals surface area contributed by atoms with Crippen LogP contribution in [-0.2, 0) is 0 Å². The zero-order chi connectivity index (χ0) is 24.2. The Labute approximate surface area is 204 Å². The summed E-state index contributed by atoms with van der Waals surface area (Å²) in [6.45, 7) is 6.62. The van der Waals surface area contributed by atoms with E-state index >= 15 is 0 Å². The number of benzene rings is 3. The first-order valence-electron chi connectivity index (χ1n) is 12.0. The molecule has 3 aromatic carbocycles. The molecule has 1 saturated heterocycles. The van der Waals surface area contributed by atoms with E-state index in [2.05, 4.69) is 10.2 Å². The van der Waals surface area contributed by atoms with Crippen LogP contribution in [0.1, 0.15) is 27.6 Å². The summed E-state index contributed by atoms with van der Waals surface area (Å²) in [5.41, 5.74) is 1.18. The molecule has 0 unspecified atom stereocenters. The van der Waals surface area contributed by atoms with Gasteiger partial charge in [-0.2, -0.15) is 0 Å². The maximum absolute atomic E-state index is 13.5. The molecule has 0 atom stereocenters. The monoisotopic (exact) mass is 475 g/mol. The molecule has 182 valence electrons. The van der Waals surface area contributed by atoms with E-state index in [9.17, 15) is 9.59 Å². The highest BCUT2D eigenvalue weighted by atomic mass is 16.7. The molecule has 8 heteroatoms. The van der Waals surface area contributed by atoms with Gasteiger partial charge in [0.25, 0.3) is 11.8 Å². The van der Waals surface area contributed by atoms with Gasteiger partial charge in [-0.05, 0) is 42.0 Å². The van der Waals surface area contributed by atoms with Crippen LogP contribution in [0.2, 0.25) is 0 Å². The van der Waals surface area contributed by atoms with Gasteiger partial charge in [-0.15, -0.1) is 0 Å². The zero-order valence-electron chi connectivity index (χ0n) is 19.8. The molecule has 2 aliphatic rings. The van der Waals surface area contributed by atoms with Gasteiger partial charge in [-0.25, -0.2) is 0 Å². The minimum atomic E-state index is -0.142. The van der Waals surface area contributed by atoms with Crippen LogP contribution in [0.4, 0.5) is 0 Å². The molecule has 0 spiro atoms. The Morgan fingerprint density at radius 3 is 2.60 bits per heavy atom. The Bertz CT molecular complexity index is 1240. The van der Waals surface area contributed by atoms with Gasteiger partial charge in [0, 0.05) is 44.8 Å². The standard InChI is InChI=1S/C27H29N3O5/c1-2-33-23-10-7-19-5-3-4-6-21(19)25(23)27(32)30-15-13-29(14-16-30)12-11-28-26(31)20-8-9-22-24(17-20)35-18-34-22/h3-10,17H,2,11-16,18H2,1H3,(H,28,31). The third-order valence-electron chi connectivity index (χ3n) is 6.41. The van der Waals surface area contributed by atoms with Crippen LogP contribution < -0.4 is 19.5 Å². The van der Waals surface area contributed by atoms with Crippen LogP contribution >= 0.6 is 0 Å². The molecule has 8 nitrogen and oxygen atoms in total. The normalized spacial score (nSPS) is 15.3. The molecule has 35 heavy (non-hydrogen) atoms. The predicted octanol–water partition coefficient (Wildman–Crippen LogP) is 3.16. The van der Waals surface area contributed by atoms with Crippen molar-refractivity contribution < 1.29 is 23.8 Å². The van der Waals surface area contributed by atoms with E-state index in [4.69, 9.17) is 14.2 Å². The number of hydrogen-bond donors (Lipinski definition) is 1. The van der Waals surface area contributed by atoms with Crippen molar-refractivity contribution in [1.29, 1.82) is 0 Å². The summed E-state index contributed by atoms with van der Waals surface area (Å²) in [6, 6.07) is 17.0. The minimum Gasteiger partial charge on any atom is -0.493 e. The van der Waals surface area contributed by atoms with E-state index in [1.807, 2.05) is 48.2 Å². The first-order valence-corrected chi connectivity index (χ1v) is 12.0. The van der Waals surface area contributed by atoms with E-state index < -0.39 is 0 Å². The molecule has 5 rings (SSSR count). The van der Waals surface area contributed by atoms with Crippen molar-refractivity contribution in [3.63, 3.8) is 0 Å². The molecule has 0 radical (unpaired) electrons. The summed E-state index contributed by atoms with van der Waals surface area (Å²) in [6.07, 6.45) is 0. The van der Waals surface area contributed by atoms with Crippen molar-refractivity contribution in [2.24, 2.45) is 0 Å². The maximum Gasteiger partial charge on any atom is 0.258 e. The third kappa shape index (κ3) is 4.88. The number of nitrogens with one attached hydrogen (secondary N) is 1. The van der Waals surface area contributed by atoms with E-state index in [-0.39, 0.29) is 18.6 Å². The lowest BCUT2D eigenvalue weighted by atomic mass is 10.0. The number of amides is 2. The number of carbonyl (C=O) groups is 2. The molecular formula is C27H29N3O5. The van der Waals surface area contributed by atoms with Crippen molar-refractivity contribution in [2.45, 2.75) is 6.92 Å². The molecule has 1 N–H and O–H groups in total. The molecule has 2 aliphatic heterocycles. The van der Waals surface area contributed by atoms with Crippen LogP contribution in [0, 0.1) is 0 Å². The molecule has 2 heterocycles. The molecule has 1 fully saturated rings. The second-order valence-corrected chi connectivity index (χ2v) is 8.55. The smallest absolute Gasteiger partial charge is 0.258 e. The van der Waals surface area contributed by atoms with Crippen LogP contribution in [-0.4, -0.2) is 74.3 Å². The van der Waals surface area contributed by atoms with Crippen molar-refractivity contribution in [3.05, 3.63) is 65.7 Å². The number of nitrogens with zero attached hydrogens (tertiary/aromatic N) is 2. The van der Waals surface area contributed by atoms with Gasteiger partial charge in [0.2, 0.25) is 6.79 Å². The van der Waals surface area contributed by atoms with Crippen LogP contribution in [0.25, 0.3) is 10.8 Å². The lowest BCUT2D eigenvalue weighted by Gasteiger charge is -2.35. The summed E-state index contributed by atoms with van der Waals surface area (Å²) in [5, 5.41) is 4.90. The Hall–Kier alpha value is -3.78. The van der Waals surface area contributed by atoms with Gasteiger partial charge in [-0.3, -0.25) is 14.5 Å². The first kappa shape index (κ1) is 23.0. The van der Waals surface area contributed by atoms with E-state index in [0.717, 1.165) is 30.4 Å². The summed E-state index contributed by atoms with van der Waals surface area (Å²) >= 11 is 0. The number of piperazine rings is 1. The summed E-state index contributed by atoms with van der Waals surface area (Å²) < 4.78 is 16.4. The largest absolute Gasteiger partial charge is 0.493 e. The van der Waals surface area contributed by atoms with E-state index in [0.29, 0.717) is 54.6 Å². The van der Waals surface area contributed by atoms with Gasteiger partial charge in [0.05, 0.1) is 12.2 Å². The highest BCUT2D eigenvalue weighted by molar-refractivity contribution is 6.09. The van der Waals surface area contributed by atoms with Crippen molar-refractivity contribution in [3.8, 4) is 17.2 Å². The quantitative estimate of drug-likeness (QED) is 0.566. The molecule has 2 amide bonds. The number of rotatable bonds is 7. The van der Waals surface area contributed by atoms with Gasteiger partial charge in [0.1, 0.15) is 5.75 Å². The fourth-order valence-corrected chi connectivity index (χ4v) is 4.55. The van der Waals surface area contributed by atoms with Crippen molar-refractivity contribution in [1.82, 2.24) is 15.1 Å². The SMILES string of the molecule is CCOc1ccc2ccccc2c1C(=O)N1CCN(CCNC(=O)c2ccc3c(c2)OCO3)CC1.